The Hall–Kier alpha value is -3.34. The third-order valence-corrected chi connectivity index (χ3v) is 4.79. The molecule has 1 aliphatic rings. The number of nitrogens with zero attached hydrogens (tertiary/aromatic N) is 1. The van der Waals surface area contributed by atoms with Crippen molar-refractivity contribution in [2.24, 2.45) is 0 Å². The summed E-state index contributed by atoms with van der Waals surface area (Å²) in [4.78, 5) is 14.8. The first-order valence-corrected chi connectivity index (χ1v) is 9.27. The minimum absolute atomic E-state index is 0.101. The molecule has 5 heteroatoms. The fourth-order valence-electron chi connectivity index (χ4n) is 3.41. The molecule has 1 amide bonds. The molecule has 1 heterocycles. The van der Waals surface area contributed by atoms with E-state index in [-0.39, 0.29) is 24.2 Å². The summed E-state index contributed by atoms with van der Waals surface area (Å²) >= 11 is 0. The number of anilines is 2. The van der Waals surface area contributed by atoms with Crippen LogP contribution >= 0.6 is 0 Å². The van der Waals surface area contributed by atoms with Crippen LogP contribution in [0.4, 0.5) is 15.8 Å². The first kappa shape index (κ1) is 18.0. The van der Waals surface area contributed by atoms with Gasteiger partial charge in [0.15, 0.2) is 0 Å². The zero-order valence-corrected chi connectivity index (χ0v) is 15.3. The van der Waals surface area contributed by atoms with Gasteiger partial charge in [0, 0.05) is 12.2 Å². The number of halogens is 1. The van der Waals surface area contributed by atoms with E-state index in [9.17, 15) is 9.18 Å². The Morgan fingerprint density at radius 2 is 1.71 bits per heavy atom. The molecule has 0 spiro atoms. The molecule has 3 aromatic rings. The van der Waals surface area contributed by atoms with Crippen LogP contribution < -0.4 is 15.0 Å². The number of rotatable bonds is 5. The SMILES string of the molecule is O=C(C[C@@H]1COc2ccccc2N1Cc1ccccc1)Nc1ccc(F)cc1. The van der Waals surface area contributed by atoms with Crippen molar-refractivity contribution >= 4 is 17.3 Å². The molecule has 0 aliphatic carbocycles. The van der Waals surface area contributed by atoms with Crippen LogP contribution in [-0.4, -0.2) is 18.6 Å². The Bertz CT molecular complexity index is 944. The molecular weight excluding hydrogens is 355 g/mol. The molecule has 0 bridgehead atoms. The highest BCUT2D eigenvalue weighted by atomic mass is 19.1. The Morgan fingerprint density at radius 1 is 1.00 bits per heavy atom. The van der Waals surface area contributed by atoms with E-state index in [1.807, 2.05) is 42.5 Å². The van der Waals surface area contributed by atoms with Gasteiger partial charge in [0.25, 0.3) is 0 Å². The van der Waals surface area contributed by atoms with Gasteiger partial charge in [-0.15, -0.1) is 0 Å². The lowest BCUT2D eigenvalue weighted by Gasteiger charge is -2.38. The number of ether oxygens (including phenoxy) is 1. The second-order valence-corrected chi connectivity index (χ2v) is 6.81. The van der Waals surface area contributed by atoms with Gasteiger partial charge in [-0.25, -0.2) is 4.39 Å². The van der Waals surface area contributed by atoms with Crippen molar-refractivity contribution in [1.82, 2.24) is 0 Å². The average molecular weight is 376 g/mol. The molecule has 1 atom stereocenters. The highest BCUT2D eigenvalue weighted by Crippen LogP contribution is 2.35. The largest absolute Gasteiger partial charge is 0.489 e. The maximum absolute atomic E-state index is 13.1. The van der Waals surface area contributed by atoms with E-state index in [4.69, 9.17) is 4.74 Å². The van der Waals surface area contributed by atoms with Crippen LogP contribution in [-0.2, 0) is 11.3 Å². The van der Waals surface area contributed by atoms with Gasteiger partial charge in [-0.3, -0.25) is 4.79 Å². The van der Waals surface area contributed by atoms with Crippen molar-refractivity contribution in [3.63, 3.8) is 0 Å². The topological polar surface area (TPSA) is 41.6 Å². The molecule has 1 N–H and O–H groups in total. The first-order valence-electron chi connectivity index (χ1n) is 9.27. The second-order valence-electron chi connectivity index (χ2n) is 6.81. The van der Waals surface area contributed by atoms with Crippen molar-refractivity contribution in [2.75, 3.05) is 16.8 Å². The van der Waals surface area contributed by atoms with Gasteiger partial charge in [0.1, 0.15) is 18.2 Å². The third kappa shape index (κ3) is 4.14. The van der Waals surface area contributed by atoms with E-state index < -0.39 is 0 Å². The van der Waals surface area contributed by atoms with E-state index in [0.717, 1.165) is 11.4 Å². The number of fused-ring (bicyclic) bond motifs is 1. The van der Waals surface area contributed by atoms with Gasteiger partial charge in [-0.05, 0) is 42.0 Å². The number of carbonyl (C=O) groups is 1. The predicted octanol–water partition coefficient (Wildman–Crippen LogP) is 4.62. The molecule has 0 unspecified atom stereocenters. The number of para-hydroxylation sites is 2. The van der Waals surface area contributed by atoms with Gasteiger partial charge in [-0.2, -0.15) is 0 Å². The molecular formula is C23H21FN2O2. The second kappa shape index (κ2) is 8.13. The Labute approximate surface area is 163 Å². The Morgan fingerprint density at radius 3 is 2.50 bits per heavy atom. The molecule has 142 valence electrons. The van der Waals surface area contributed by atoms with Gasteiger partial charge in [0.05, 0.1) is 18.2 Å². The van der Waals surface area contributed by atoms with Crippen molar-refractivity contribution in [2.45, 2.75) is 19.0 Å². The molecule has 3 aromatic carbocycles. The summed E-state index contributed by atoms with van der Waals surface area (Å²) < 4.78 is 19.0. The highest BCUT2D eigenvalue weighted by molar-refractivity contribution is 5.91. The summed E-state index contributed by atoms with van der Waals surface area (Å²) in [5.74, 6) is 0.371. The number of hydrogen-bond acceptors (Lipinski definition) is 3. The number of benzene rings is 3. The summed E-state index contributed by atoms with van der Waals surface area (Å²) in [6.45, 7) is 1.12. The van der Waals surface area contributed by atoms with E-state index in [2.05, 4.69) is 22.3 Å². The maximum Gasteiger partial charge on any atom is 0.226 e. The first-order chi connectivity index (χ1) is 13.7. The van der Waals surface area contributed by atoms with E-state index in [1.54, 1.807) is 12.1 Å². The fourth-order valence-corrected chi connectivity index (χ4v) is 3.41. The number of carbonyl (C=O) groups excluding carboxylic acids is 1. The molecule has 0 radical (unpaired) electrons. The minimum Gasteiger partial charge on any atom is -0.489 e. The molecule has 0 fully saturated rings. The zero-order chi connectivity index (χ0) is 19.3. The van der Waals surface area contributed by atoms with Crippen LogP contribution in [0.3, 0.4) is 0 Å². The molecule has 1 aliphatic heterocycles. The van der Waals surface area contributed by atoms with E-state index in [0.29, 0.717) is 18.8 Å². The molecule has 4 nitrogen and oxygen atoms in total. The fraction of sp³-hybridized carbons (Fsp3) is 0.174. The van der Waals surface area contributed by atoms with Crippen LogP contribution in [0.15, 0.2) is 78.9 Å². The number of hydrogen-bond donors (Lipinski definition) is 1. The van der Waals surface area contributed by atoms with Crippen molar-refractivity contribution in [3.8, 4) is 5.75 Å². The van der Waals surface area contributed by atoms with E-state index >= 15 is 0 Å². The van der Waals surface area contributed by atoms with Crippen LogP contribution in [0.25, 0.3) is 0 Å². The lowest BCUT2D eigenvalue weighted by molar-refractivity contribution is -0.116. The summed E-state index contributed by atoms with van der Waals surface area (Å²) in [5.41, 5.74) is 2.73. The number of nitrogens with one attached hydrogen (secondary N) is 1. The molecule has 0 aromatic heterocycles. The summed E-state index contributed by atoms with van der Waals surface area (Å²) in [6, 6.07) is 23.7. The molecule has 0 saturated heterocycles. The summed E-state index contributed by atoms with van der Waals surface area (Å²) in [5, 5.41) is 2.84. The molecule has 0 saturated carbocycles. The van der Waals surface area contributed by atoms with Gasteiger partial charge in [0.2, 0.25) is 5.91 Å². The quantitative estimate of drug-likeness (QED) is 0.706. The maximum atomic E-state index is 13.1. The monoisotopic (exact) mass is 376 g/mol. The molecule has 28 heavy (non-hydrogen) atoms. The van der Waals surface area contributed by atoms with Gasteiger partial charge >= 0.3 is 0 Å². The van der Waals surface area contributed by atoms with Crippen LogP contribution in [0, 0.1) is 5.82 Å². The Kier molecular flexibility index (Phi) is 5.24. The summed E-state index contributed by atoms with van der Waals surface area (Å²) in [6.07, 6.45) is 0.276. The molecule has 4 rings (SSSR count). The van der Waals surface area contributed by atoms with Crippen molar-refractivity contribution < 1.29 is 13.9 Å². The van der Waals surface area contributed by atoms with Crippen LogP contribution in [0.2, 0.25) is 0 Å². The summed E-state index contributed by atoms with van der Waals surface area (Å²) in [7, 11) is 0. The predicted molar refractivity (Wildman–Crippen MR) is 108 cm³/mol. The smallest absolute Gasteiger partial charge is 0.226 e. The third-order valence-electron chi connectivity index (χ3n) is 4.79. The van der Waals surface area contributed by atoms with E-state index in [1.165, 1.54) is 17.7 Å². The average Bonchev–Trinajstić information content (AvgIpc) is 2.72. The van der Waals surface area contributed by atoms with Gasteiger partial charge < -0.3 is 15.0 Å². The Balaban J connectivity index is 1.52. The lowest BCUT2D eigenvalue weighted by atomic mass is 10.1. The van der Waals surface area contributed by atoms with Crippen molar-refractivity contribution in [1.29, 1.82) is 0 Å². The standard InChI is InChI=1S/C23H21FN2O2/c24-18-10-12-19(13-11-18)25-23(27)14-20-16-28-22-9-5-4-8-21(22)26(20)15-17-6-2-1-3-7-17/h1-13,20H,14-16H2,(H,25,27)/t20-/m1/s1. The number of amides is 1. The van der Waals surface area contributed by atoms with Crippen molar-refractivity contribution in [3.05, 3.63) is 90.2 Å². The highest BCUT2D eigenvalue weighted by Gasteiger charge is 2.29. The van der Waals surface area contributed by atoms with Crippen LogP contribution in [0.1, 0.15) is 12.0 Å². The van der Waals surface area contributed by atoms with Gasteiger partial charge in [-0.1, -0.05) is 42.5 Å². The zero-order valence-electron chi connectivity index (χ0n) is 15.3. The normalized spacial score (nSPS) is 15.5. The lowest BCUT2D eigenvalue weighted by Crippen LogP contribution is -2.44. The van der Waals surface area contributed by atoms with Crippen LogP contribution in [0.5, 0.6) is 5.75 Å². The minimum atomic E-state index is -0.329.